The van der Waals surface area contributed by atoms with E-state index in [2.05, 4.69) is 5.32 Å². The smallest absolute Gasteiger partial charge is 0.419 e. The first kappa shape index (κ1) is 32.8. The normalized spacial score (nSPS) is 17.4. The molecule has 1 fully saturated rings. The summed E-state index contributed by atoms with van der Waals surface area (Å²) in [6.45, 7) is 8.36. The van der Waals surface area contributed by atoms with E-state index in [0.717, 1.165) is 22.3 Å². The van der Waals surface area contributed by atoms with Gasteiger partial charge >= 0.3 is 18.2 Å². The molecule has 0 radical (unpaired) electrons. The number of alkyl carbamates (subject to hydrolysis) is 1. The van der Waals surface area contributed by atoms with Crippen molar-refractivity contribution in [2.45, 2.75) is 70.4 Å². The van der Waals surface area contributed by atoms with E-state index in [1.165, 1.54) is 9.47 Å². The van der Waals surface area contributed by atoms with Gasteiger partial charge < -0.3 is 29.5 Å². The van der Waals surface area contributed by atoms with Crippen LogP contribution in [0.1, 0.15) is 57.2 Å². The lowest BCUT2D eigenvalue weighted by molar-refractivity contribution is -0.159. The minimum absolute atomic E-state index is 0.0241. The second-order valence-electron chi connectivity index (χ2n) is 13.6. The molecule has 1 aliphatic carbocycles. The number of rotatable bonds is 7. The Kier molecular flexibility index (Phi) is 8.51. The van der Waals surface area contributed by atoms with Gasteiger partial charge in [0.15, 0.2) is 6.10 Å². The number of carboxylic acid groups (broad SMARTS) is 1. The third kappa shape index (κ3) is 6.37. The molecule has 3 aromatic carbocycles. The Labute approximate surface area is 278 Å². The van der Waals surface area contributed by atoms with Crippen molar-refractivity contribution in [2.24, 2.45) is 0 Å². The van der Waals surface area contributed by atoms with Gasteiger partial charge in [-0.1, -0.05) is 66.7 Å². The number of fused-ring (bicyclic) bond motifs is 4. The van der Waals surface area contributed by atoms with E-state index >= 15 is 0 Å². The molecule has 0 unspecified atom stereocenters. The van der Waals surface area contributed by atoms with Gasteiger partial charge in [-0.25, -0.2) is 14.4 Å². The zero-order valence-electron chi connectivity index (χ0n) is 27.6. The Balaban J connectivity index is 1.28. The third-order valence-corrected chi connectivity index (χ3v) is 8.71. The summed E-state index contributed by atoms with van der Waals surface area (Å²) in [6.07, 6.45) is -1.05. The average Bonchev–Trinajstić information content (AvgIpc) is 3.67. The van der Waals surface area contributed by atoms with Crippen LogP contribution in [0, 0.1) is 0 Å². The minimum atomic E-state index is -1.26. The number of hydrogen-bond donors (Lipinski definition) is 2. The lowest BCUT2D eigenvalue weighted by Gasteiger charge is -2.32. The molecular weight excluding hydrogens is 614 g/mol. The number of aliphatic carboxylic acids is 1. The molecule has 6 rings (SSSR count). The number of amides is 2. The van der Waals surface area contributed by atoms with Crippen LogP contribution < -0.4 is 5.32 Å². The van der Waals surface area contributed by atoms with Crippen LogP contribution in [0.4, 0.5) is 9.59 Å². The van der Waals surface area contributed by atoms with Gasteiger partial charge in [0, 0.05) is 23.9 Å². The number of para-hydroxylation sites is 1. The minimum Gasteiger partial charge on any atom is -0.479 e. The van der Waals surface area contributed by atoms with Gasteiger partial charge in [0.25, 0.3) is 0 Å². The van der Waals surface area contributed by atoms with E-state index in [9.17, 15) is 24.3 Å². The van der Waals surface area contributed by atoms with E-state index in [4.69, 9.17) is 14.2 Å². The molecular formula is C37H39N3O8. The number of carbonyl (C=O) groups is 4. The first-order valence-corrected chi connectivity index (χ1v) is 15.9. The summed E-state index contributed by atoms with van der Waals surface area (Å²) in [7, 11) is 0. The number of ether oxygens (including phenoxy) is 3. The fourth-order valence-electron chi connectivity index (χ4n) is 6.58. The standard InChI is InChI=1S/C37H39N3O8/c1-36(2,3)48-35(45)39-19-22(23-12-10-11-17-30(23)39)18-29(32(41)40-20-31(33(42)43)47-37(40,4)5)38-34(44)46-21-28-26-15-8-6-13-24(26)25-14-7-9-16-27(25)28/h6-17,19,28-29,31H,18,20-21H2,1-5H3,(H,38,44)(H,42,43)/t29-,31-/m1/s1. The summed E-state index contributed by atoms with van der Waals surface area (Å²) in [5.74, 6) is -1.93. The molecule has 0 saturated carbocycles. The SMILES string of the molecule is CC(C)(C)OC(=O)n1cc(C[C@@H](NC(=O)OCC2c3ccccc3-c3ccccc32)C(=O)N2C[C@H](C(=O)O)OC2(C)C)c2ccccc21. The number of carboxylic acids is 1. The fraction of sp³-hybridized carbons (Fsp3) is 0.351. The maximum Gasteiger partial charge on any atom is 0.419 e. The topological polar surface area (TPSA) is 136 Å². The van der Waals surface area contributed by atoms with E-state index in [1.54, 1.807) is 52.9 Å². The van der Waals surface area contributed by atoms with Crippen molar-refractivity contribution in [3.8, 4) is 11.1 Å². The molecule has 2 atom stereocenters. The summed E-state index contributed by atoms with van der Waals surface area (Å²) in [5, 5.41) is 13.1. The van der Waals surface area contributed by atoms with E-state index in [-0.39, 0.29) is 25.5 Å². The highest BCUT2D eigenvalue weighted by Crippen LogP contribution is 2.44. The van der Waals surface area contributed by atoms with Crippen LogP contribution >= 0.6 is 0 Å². The molecule has 0 bridgehead atoms. The summed E-state index contributed by atoms with van der Waals surface area (Å²) in [5.41, 5.74) is 3.43. The number of nitrogens with zero attached hydrogens (tertiary/aromatic N) is 2. The van der Waals surface area contributed by atoms with Gasteiger partial charge in [0.2, 0.25) is 5.91 Å². The van der Waals surface area contributed by atoms with Gasteiger partial charge in [-0.05, 0) is 68.5 Å². The first-order chi connectivity index (χ1) is 22.7. The predicted octanol–water partition coefficient (Wildman–Crippen LogP) is 5.92. The Hall–Kier alpha value is -5.16. The van der Waals surface area contributed by atoms with Crippen molar-refractivity contribution < 1.29 is 38.5 Å². The molecule has 2 heterocycles. The molecule has 0 spiro atoms. The number of aromatic nitrogens is 1. The summed E-state index contributed by atoms with van der Waals surface area (Å²) in [6, 6.07) is 22.0. The van der Waals surface area contributed by atoms with Crippen LogP contribution in [-0.4, -0.2) is 75.3 Å². The van der Waals surface area contributed by atoms with Gasteiger partial charge in [-0.15, -0.1) is 0 Å². The molecule has 250 valence electrons. The summed E-state index contributed by atoms with van der Waals surface area (Å²) >= 11 is 0. The second-order valence-corrected chi connectivity index (χ2v) is 13.6. The van der Waals surface area contributed by atoms with Crippen LogP contribution in [0.5, 0.6) is 0 Å². The Morgan fingerprint density at radius 2 is 1.56 bits per heavy atom. The highest BCUT2D eigenvalue weighted by Gasteiger charge is 2.47. The summed E-state index contributed by atoms with van der Waals surface area (Å²) < 4.78 is 18.5. The van der Waals surface area contributed by atoms with Gasteiger partial charge in [-0.3, -0.25) is 9.36 Å². The molecule has 2 aliphatic rings. The van der Waals surface area contributed by atoms with Crippen LogP contribution in [-0.2, 0) is 30.2 Å². The number of hydrogen-bond acceptors (Lipinski definition) is 7. The van der Waals surface area contributed by atoms with Crippen molar-refractivity contribution in [3.63, 3.8) is 0 Å². The first-order valence-electron chi connectivity index (χ1n) is 15.9. The second kappa shape index (κ2) is 12.5. The van der Waals surface area contributed by atoms with E-state index < -0.39 is 47.5 Å². The summed E-state index contributed by atoms with van der Waals surface area (Å²) in [4.78, 5) is 54.0. The number of benzene rings is 3. The molecule has 2 N–H and O–H groups in total. The molecule has 1 saturated heterocycles. The quantitative estimate of drug-likeness (QED) is 0.251. The number of nitrogens with one attached hydrogen (secondary N) is 1. The van der Waals surface area contributed by atoms with Gasteiger partial charge in [0.1, 0.15) is 24.0 Å². The molecule has 11 heteroatoms. The predicted molar refractivity (Wildman–Crippen MR) is 178 cm³/mol. The number of carbonyl (C=O) groups excluding carboxylic acids is 3. The van der Waals surface area contributed by atoms with E-state index in [1.807, 2.05) is 60.7 Å². The largest absolute Gasteiger partial charge is 0.479 e. The Bertz CT molecular complexity index is 1860. The molecule has 4 aromatic rings. The molecule has 48 heavy (non-hydrogen) atoms. The Morgan fingerprint density at radius 1 is 0.958 bits per heavy atom. The van der Waals surface area contributed by atoms with Crippen LogP contribution in [0.2, 0.25) is 0 Å². The Morgan fingerprint density at radius 3 is 2.17 bits per heavy atom. The highest BCUT2D eigenvalue weighted by atomic mass is 16.6. The molecule has 2 amide bonds. The average molecular weight is 654 g/mol. The maximum absolute atomic E-state index is 14.2. The van der Waals surface area contributed by atoms with E-state index in [0.29, 0.717) is 16.5 Å². The fourth-order valence-corrected chi connectivity index (χ4v) is 6.58. The third-order valence-electron chi connectivity index (χ3n) is 8.71. The monoisotopic (exact) mass is 653 g/mol. The lowest BCUT2D eigenvalue weighted by atomic mass is 9.98. The zero-order valence-corrected chi connectivity index (χ0v) is 27.6. The molecule has 1 aromatic heterocycles. The zero-order chi connectivity index (χ0) is 34.4. The van der Waals surface area contributed by atoms with Crippen molar-refractivity contribution in [1.82, 2.24) is 14.8 Å². The molecule has 11 nitrogen and oxygen atoms in total. The van der Waals surface area contributed by atoms with Gasteiger partial charge in [0.05, 0.1) is 12.1 Å². The van der Waals surface area contributed by atoms with Gasteiger partial charge in [-0.2, -0.15) is 0 Å². The lowest BCUT2D eigenvalue weighted by Crippen LogP contribution is -2.54. The van der Waals surface area contributed by atoms with Crippen LogP contribution in [0.15, 0.2) is 79.0 Å². The van der Waals surface area contributed by atoms with Crippen molar-refractivity contribution in [3.05, 3.63) is 95.7 Å². The maximum atomic E-state index is 14.2. The van der Waals surface area contributed by atoms with Crippen molar-refractivity contribution in [1.29, 1.82) is 0 Å². The van der Waals surface area contributed by atoms with Crippen LogP contribution in [0.25, 0.3) is 22.0 Å². The van der Waals surface area contributed by atoms with Crippen LogP contribution in [0.3, 0.4) is 0 Å². The van der Waals surface area contributed by atoms with Crippen molar-refractivity contribution in [2.75, 3.05) is 13.2 Å². The molecule has 1 aliphatic heterocycles. The van der Waals surface area contributed by atoms with Crippen molar-refractivity contribution >= 4 is 35.0 Å². The highest BCUT2D eigenvalue weighted by molar-refractivity contribution is 5.93.